The van der Waals surface area contributed by atoms with Crippen LogP contribution in [0.5, 0.6) is 0 Å². The van der Waals surface area contributed by atoms with E-state index in [1.807, 2.05) is 0 Å². The fraction of sp³-hybridized carbons (Fsp3) is 0. The molecule has 0 radical (unpaired) electrons. The Hall–Kier alpha value is -1.11. The highest BCUT2D eigenvalue weighted by Gasteiger charge is 2.23. The van der Waals surface area contributed by atoms with Gasteiger partial charge in [-0.2, -0.15) is 0 Å². The monoisotopic (exact) mass is 406 g/mol. The summed E-state index contributed by atoms with van der Waals surface area (Å²) >= 11 is 24.1. The number of hydrogen-bond acceptors (Lipinski definition) is 4. The summed E-state index contributed by atoms with van der Waals surface area (Å²) in [6, 6.07) is 7.86. The lowest BCUT2D eigenvalue weighted by molar-refractivity contribution is 0.592. The minimum Gasteiger partial charge on any atom is -0.250 e. The molecule has 0 unspecified atom stereocenters. The van der Waals surface area contributed by atoms with Crippen molar-refractivity contribution < 1.29 is 8.42 Å². The minimum atomic E-state index is -3.83. The molecular weight excluding hydrogens is 402 g/mol. The van der Waals surface area contributed by atoms with Crippen molar-refractivity contribution in [2.45, 2.75) is 9.92 Å². The third-order valence-electron chi connectivity index (χ3n) is 3.07. The third kappa shape index (κ3) is 2.77. The highest BCUT2D eigenvalue weighted by Crippen LogP contribution is 2.41. The van der Waals surface area contributed by atoms with Crippen LogP contribution in [0.3, 0.4) is 0 Å². The highest BCUT2D eigenvalue weighted by atomic mass is 35.5. The number of hydrogen-bond donors (Lipinski definition) is 0. The lowest BCUT2D eigenvalue weighted by Crippen LogP contribution is -2.05. The zero-order valence-corrected chi connectivity index (χ0v) is 14.9. The van der Waals surface area contributed by atoms with E-state index < -0.39 is 9.84 Å². The second-order valence-electron chi connectivity index (χ2n) is 4.48. The van der Waals surface area contributed by atoms with Crippen LogP contribution in [0.25, 0.3) is 11.0 Å². The van der Waals surface area contributed by atoms with Crippen molar-refractivity contribution in [2.24, 2.45) is 0 Å². The normalized spacial score (nSPS) is 11.8. The minimum absolute atomic E-state index is 0.00519. The topological polar surface area (TPSA) is 59.9 Å². The van der Waals surface area contributed by atoms with Crippen LogP contribution in [0, 0.1) is 0 Å². The predicted molar refractivity (Wildman–Crippen MR) is 91.5 cm³/mol. The SMILES string of the molecule is O=S(=O)(c1ccccc1)c1cnc2c(Cl)c(Cl)c(Cl)c(Cl)c2n1. The highest BCUT2D eigenvalue weighted by molar-refractivity contribution is 7.91. The number of halogens is 4. The molecule has 0 aliphatic heterocycles. The van der Waals surface area contributed by atoms with Crippen molar-refractivity contribution in [3.63, 3.8) is 0 Å². The van der Waals surface area contributed by atoms with E-state index in [0.29, 0.717) is 0 Å². The van der Waals surface area contributed by atoms with Crippen molar-refractivity contribution in [1.29, 1.82) is 0 Å². The van der Waals surface area contributed by atoms with E-state index in [1.165, 1.54) is 12.1 Å². The van der Waals surface area contributed by atoms with Gasteiger partial charge in [0.1, 0.15) is 11.0 Å². The Balaban J connectivity index is 2.30. The van der Waals surface area contributed by atoms with Gasteiger partial charge < -0.3 is 0 Å². The lowest BCUT2D eigenvalue weighted by atomic mass is 10.3. The van der Waals surface area contributed by atoms with Crippen LogP contribution in [-0.2, 0) is 9.84 Å². The van der Waals surface area contributed by atoms with E-state index in [0.717, 1.165) is 6.20 Å². The summed E-state index contributed by atoms with van der Waals surface area (Å²) in [4.78, 5) is 8.20. The standard InChI is InChI=1S/C14H6Cl4N2O2S/c15-9-10(16)12(18)14-13(11(9)17)19-6-8(20-14)23(21,22)7-4-2-1-3-5-7/h1-6H. The molecular formula is C14H6Cl4N2O2S. The van der Waals surface area contributed by atoms with Crippen LogP contribution in [-0.4, -0.2) is 18.4 Å². The number of fused-ring (bicyclic) bond motifs is 1. The Bertz CT molecular complexity index is 1020. The molecule has 9 heteroatoms. The van der Waals surface area contributed by atoms with Gasteiger partial charge in [0.15, 0.2) is 5.03 Å². The maximum atomic E-state index is 12.6. The molecule has 0 amide bonds. The first-order valence-corrected chi connectivity index (χ1v) is 9.12. The average molecular weight is 408 g/mol. The zero-order valence-electron chi connectivity index (χ0n) is 11.1. The smallest absolute Gasteiger partial charge is 0.225 e. The van der Waals surface area contributed by atoms with E-state index in [1.54, 1.807) is 18.2 Å². The van der Waals surface area contributed by atoms with Gasteiger partial charge in [-0.05, 0) is 12.1 Å². The van der Waals surface area contributed by atoms with Gasteiger partial charge >= 0.3 is 0 Å². The number of aromatic nitrogens is 2. The van der Waals surface area contributed by atoms with Crippen LogP contribution in [0.1, 0.15) is 0 Å². The van der Waals surface area contributed by atoms with E-state index in [-0.39, 0.29) is 41.0 Å². The molecule has 1 heterocycles. The molecule has 0 atom stereocenters. The van der Waals surface area contributed by atoms with Gasteiger partial charge in [0.2, 0.25) is 9.84 Å². The first-order chi connectivity index (χ1) is 10.8. The summed E-state index contributed by atoms with van der Waals surface area (Å²) in [5.74, 6) is 0. The van der Waals surface area contributed by atoms with Crippen molar-refractivity contribution in [3.8, 4) is 0 Å². The Morgan fingerprint density at radius 1 is 0.783 bits per heavy atom. The molecule has 1 aromatic heterocycles. The van der Waals surface area contributed by atoms with E-state index in [2.05, 4.69) is 9.97 Å². The fourth-order valence-electron chi connectivity index (χ4n) is 1.94. The molecule has 0 aliphatic carbocycles. The number of benzene rings is 2. The van der Waals surface area contributed by atoms with Gasteiger partial charge in [-0.25, -0.2) is 18.4 Å². The molecule has 0 saturated carbocycles. The summed E-state index contributed by atoms with van der Waals surface area (Å²) in [7, 11) is -3.83. The Kier molecular flexibility index (Phi) is 4.42. The van der Waals surface area contributed by atoms with Gasteiger partial charge in [-0.3, -0.25) is 0 Å². The first kappa shape index (κ1) is 16.7. The van der Waals surface area contributed by atoms with E-state index >= 15 is 0 Å². The molecule has 0 saturated heterocycles. The van der Waals surface area contributed by atoms with Gasteiger partial charge in [0.05, 0.1) is 31.2 Å². The molecule has 0 fully saturated rings. The molecule has 23 heavy (non-hydrogen) atoms. The van der Waals surface area contributed by atoms with Crippen molar-refractivity contribution in [1.82, 2.24) is 9.97 Å². The summed E-state index contributed by atoms with van der Waals surface area (Å²) in [6.07, 6.45) is 1.11. The largest absolute Gasteiger partial charge is 0.250 e. The number of sulfone groups is 1. The van der Waals surface area contributed by atoms with Crippen LogP contribution >= 0.6 is 46.4 Å². The molecule has 0 spiro atoms. The summed E-state index contributed by atoms with van der Waals surface area (Å²) in [5, 5.41) is -0.165. The molecule has 0 N–H and O–H groups in total. The van der Waals surface area contributed by atoms with Crippen LogP contribution in [0.2, 0.25) is 20.1 Å². The van der Waals surface area contributed by atoms with Crippen LogP contribution in [0.4, 0.5) is 0 Å². The third-order valence-corrected chi connectivity index (χ3v) is 6.50. The molecule has 0 bridgehead atoms. The number of rotatable bonds is 2. The van der Waals surface area contributed by atoms with E-state index in [4.69, 9.17) is 46.4 Å². The summed E-state index contributed by atoms with van der Waals surface area (Å²) in [5.41, 5.74) is 0.251. The molecule has 0 aliphatic rings. The molecule has 3 aromatic rings. The van der Waals surface area contributed by atoms with Crippen molar-refractivity contribution in [3.05, 3.63) is 56.6 Å². The molecule has 118 valence electrons. The fourth-order valence-corrected chi connectivity index (χ4v) is 4.02. The van der Waals surface area contributed by atoms with E-state index in [9.17, 15) is 8.42 Å². The molecule has 3 rings (SSSR count). The second-order valence-corrected chi connectivity index (χ2v) is 7.89. The van der Waals surface area contributed by atoms with Crippen LogP contribution in [0.15, 0.2) is 46.5 Å². The predicted octanol–water partition coefficient (Wildman–Crippen LogP) is 5.08. The van der Waals surface area contributed by atoms with Gasteiger partial charge in [0, 0.05) is 0 Å². The number of nitrogens with zero attached hydrogens (tertiary/aromatic N) is 2. The van der Waals surface area contributed by atoms with Gasteiger partial charge in [-0.1, -0.05) is 64.6 Å². The van der Waals surface area contributed by atoms with Gasteiger partial charge in [-0.15, -0.1) is 0 Å². The average Bonchev–Trinajstić information content (AvgIpc) is 2.58. The Morgan fingerprint density at radius 3 is 1.96 bits per heavy atom. The van der Waals surface area contributed by atoms with Crippen molar-refractivity contribution in [2.75, 3.05) is 0 Å². The lowest BCUT2D eigenvalue weighted by Gasteiger charge is -2.09. The maximum Gasteiger partial charge on any atom is 0.225 e. The molecule has 2 aromatic carbocycles. The van der Waals surface area contributed by atoms with Crippen molar-refractivity contribution >= 4 is 67.3 Å². The zero-order chi connectivity index (χ0) is 16.8. The van der Waals surface area contributed by atoms with Crippen LogP contribution < -0.4 is 0 Å². The molecule has 4 nitrogen and oxygen atoms in total. The summed E-state index contributed by atoms with van der Waals surface area (Å²) < 4.78 is 25.2. The quantitative estimate of drug-likeness (QED) is 0.439. The maximum absolute atomic E-state index is 12.6. The summed E-state index contributed by atoms with van der Waals surface area (Å²) in [6.45, 7) is 0. The first-order valence-electron chi connectivity index (χ1n) is 6.13. The Morgan fingerprint density at radius 2 is 1.35 bits per heavy atom. The second kappa shape index (κ2) is 6.07. The van der Waals surface area contributed by atoms with Gasteiger partial charge in [0.25, 0.3) is 0 Å². The Labute approximate surface area is 151 Å².